The third kappa shape index (κ3) is 2.09. The zero-order chi connectivity index (χ0) is 13.6. The Morgan fingerprint density at radius 3 is 2.74 bits per heavy atom. The van der Waals surface area contributed by atoms with Crippen LogP contribution in [0.15, 0.2) is 6.07 Å². The van der Waals surface area contributed by atoms with E-state index in [9.17, 15) is 0 Å². The van der Waals surface area contributed by atoms with E-state index in [4.69, 9.17) is 33.7 Å². The first-order valence-corrected chi connectivity index (χ1v) is 6.44. The minimum absolute atomic E-state index is 0.168. The van der Waals surface area contributed by atoms with E-state index in [1.165, 1.54) is 0 Å². The third-order valence-corrected chi connectivity index (χ3v) is 3.45. The zero-order valence-electron chi connectivity index (χ0n) is 10.1. The van der Waals surface area contributed by atoms with E-state index in [0.717, 1.165) is 17.5 Å². The molecule has 0 amide bonds. The van der Waals surface area contributed by atoms with E-state index in [1.54, 1.807) is 13.0 Å². The van der Waals surface area contributed by atoms with E-state index in [-0.39, 0.29) is 5.95 Å². The first-order valence-electron chi connectivity index (χ1n) is 5.68. The summed E-state index contributed by atoms with van der Waals surface area (Å²) in [7, 11) is 0. The standard InChI is InChI=1S/C12H10Cl2N4O/c1-5-16-11(18-12(15)17-5)9-6-2-3-19-10(6)8(14)4-7(9)13/h4H,2-3H2,1H3,(H2,15,16,17,18). The fourth-order valence-electron chi connectivity index (χ4n) is 2.16. The summed E-state index contributed by atoms with van der Waals surface area (Å²) in [4.78, 5) is 12.4. The Kier molecular flexibility index (Phi) is 2.95. The van der Waals surface area contributed by atoms with Crippen LogP contribution < -0.4 is 10.5 Å². The normalized spacial score (nSPS) is 13.2. The molecule has 0 bridgehead atoms. The Morgan fingerprint density at radius 2 is 2.00 bits per heavy atom. The van der Waals surface area contributed by atoms with Crippen molar-refractivity contribution >= 4 is 29.2 Å². The number of aryl methyl sites for hydroxylation is 1. The van der Waals surface area contributed by atoms with Crippen LogP contribution in [0.25, 0.3) is 11.4 Å². The molecule has 1 aliphatic heterocycles. The number of nitrogen functional groups attached to an aromatic ring is 1. The molecule has 0 radical (unpaired) electrons. The highest BCUT2D eigenvalue weighted by Crippen LogP contribution is 2.43. The number of aromatic nitrogens is 3. The number of hydrogen-bond donors (Lipinski definition) is 1. The lowest BCUT2D eigenvalue weighted by molar-refractivity contribution is 0.357. The van der Waals surface area contributed by atoms with Gasteiger partial charge in [-0.3, -0.25) is 0 Å². The van der Waals surface area contributed by atoms with Gasteiger partial charge in [0.25, 0.3) is 0 Å². The minimum atomic E-state index is 0.168. The van der Waals surface area contributed by atoms with Gasteiger partial charge in [0.2, 0.25) is 5.95 Å². The Bertz CT molecular complexity index is 655. The zero-order valence-corrected chi connectivity index (χ0v) is 11.6. The second-order valence-corrected chi connectivity index (χ2v) is 5.00. The van der Waals surface area contributed by atoms with Gasteiger partial charge in [-0.25, -0.2) is 4.98 Å². The van der Waals surface area contributed by atoms with Gasteiger partial charge in [0.05, 0.1) is 16.7 Å². The van der Waals surface area contributed by atoms with Crippen molar-refractivity contribution in [3.8, 4) is 17.1 Å². The maximum absolute atomic E-state index is 6.27. The van der Waals surface area contributed by atoms with Crippen LogP contribution in [0.4, 0.5) is 5.95 Å². The number of halogens is 2. The third-order valence-electron chi connectivity index (χ3n) is 2.87. The van der Waals surface area contributed by atoms with Gasteiger partial charge in [-0.2, -0.15) is 9.97 Å². The molecule has 1 aromatic heterocycles. The maximum Gasteiger partial charge on any atom is 0.223 e. The van der Waals surface area contributed by atoms with Crippen molar-refractivity contribution in [1.29, 1.82) is 0 Å². The molecular formula is C12H10Cl2N4O. The lowest BCUT2D eigenvalue weighted by Gasteiger charge is -2.10. The first kappa shape index (κ1) is 12.4. The molecule has 0 unspecified atom stereocenters. The largest absolute Gasteiger partial charge is 0.491 e. The van der Waals surface area contributed by atoms with Crippen molar-refractivity contribution < 1.29 is 4.74 Å². The summed E-state index contributed by atoms with van der Waals surface area (Å²) < 4.78 is 5.51. The number of nitrogens with zero attached hydrogens (tertiary/aromatic N) is 3. The predicted molar refractivity (Wildman–Crippen MR) is 73.6 cm³/mol. The van der Waals surface area contributed by atoms with Crippen molar-refractivity contribution in [1.82, 2.24) is 15.0 Å². The first-order chi connectivity index (χ1) is 9.06. The molecule has 19 heavy (non-hydrogen) atoms. The van der Waals surface area contributed by atoms with Crippen molar-refractivity contribution in [2.75, 3.05) is 12.3 Å². The van der Waals surface area contributed by atoms with E-state index in [1.807, 2.05) is 0 Å². The van der Waals surface area contributed by atoms with Gasteiger partial charge in [-0.05, 0) is 13.0 Å². The molecule has 2 N–H and O–H groups in total. The second kappa shape index (κ2) is 4.51. The Hall–Kier alpha value is -1.59. The average Bonchev–Trinajstić information content (AvgIpc) is 2.76. The molecule has 0 atom stereocenters. The Morgan fingerprint density at radius 1 is 1.21 bits per heavy atom. The molecule has 0 saturated heterocycles. The highest BCUT2D eigenvalue weighted by molar-refractivity contribution is 6.37. The summed E-state index contributed by atoms with van der Waals surface area (Å²) in [6.45, 7) is 2.32. The highest BCUT2D eigenvalue weighted by Gasteiger charge is 2.25. The van der Waals surface area contributed by atoms with Gasteiger partial charge >= 0.3 is 0 Å². The number of anilines is 1. The fraction of sp³-hybridized carbons (Fsp3) is 0.250. The summed E-state index contributed by atoms with van der Waals surface area (Å²) in [6, 6.07) is 1.64. The topological polar surface area (TPSA) is 73.9 Å². The van der Waals surface area contributed by atoms with Crippen LogP contribution in [-0.4, -0.2) is 21.6 Å². The molecule has 1 aliphatic rings. The molecule has 5 nitrogen and oxygen atoms in total. The number of ether oxygens (including phenoxy) is 1. The Balaban J connectivity index is 2.28. The lowest BCUT2D eigenvalue weighted by Crippen LogP contribution is -2.03. The molecule has 98 valence electrons. The summed E-state index contributed by atoms with van der Waals surface area (Å²) >= 11 is 12.4. The molecule has 1 aromatic carbocycles. The molecule has 0 spiro atoms. The van der Waals surface area contributed by atoms with Crippen molar-refractivity contribution in [2.45, 2.75) is 13.3 Å². The molecule has 0 fully saturated rings. The maximum atomic E-state index is 6.27. The van der Waals surface area contributed by atoms with E-state index in [2.05, 4.69) is 15.0 Å². The van der Waals surface area contributed by atoms with Gasteiger partial charge in [0.1, 0.15) is 11.6 Å². The number of hydrogen-bond acceptors (Lipinski definition) is 5. The number of benzene rings is 1. The van der Waals surface area contributed by atoms with Crippen LogP contribution in [0.1, 0.15) is 11.4 Å². The summed E-state index contributed by atoms with van der Waals surface area (Å²) in [5.41, 5.74) is 7.30. The van der Waals surface area contributed by atoms with E-state index < -0.39 is 0 Å². The predicted octanol–water partition coefficient (Wildman–Crippen LogP) is 2.67. The second-order valence-electron chi connectivity index (χ2n) is 4.19. The molecule has 7 heteroatoms. The number of nitrogens with two attached hydrogens (primary N) is 1. The van der Waals surface area contributed by atoms with Crippen molar-refractivity contribution in [3.63, 3.8) is 0 Å². The van der Waals surface area contributed by atoms with Gasteiger partial charge in [-0.1, -0.05) is 23.2 Å². The monoisotopic (exact) mass is 296 g/mol. The number of rotatable bonds is 1. The van der Waals surface area contributed by atoms with Gasteiger partial charge in [0, 0.05) is 17.5 Å². The van der Waals surface area contributed by atoms with Crippen LogP contribution in [-0.2, 0) is 6.42 Å². The van der Waals surface area contributed by atoms with Crippen molar-refractivity contribution in [2.24, 2.45) is 0 Å². The van der Waals surface area contributed by atoms with E-state index >= 15 is 0 Å². The average molecular weight is 297 g/mol. The van der Waals surface area contributed by atoms with Crippen LogP contribution >= 0.6 is 23.2 Å². The van der Waals surface area contributed by atoms with Gasteiger partial charge in [0.15, 0.2) is 5.82 Å². The molecule has 3 rings (SSSR count). The lowest BCUT2D eigenvalue weighted by atomic mass is 10.0. The molecule has 0 aliphatic carbocycles. The van der Waals surface area contributed by atoms with E-state index in [0.29, 0.717) is 34.1 Å². The summed E-state index contributed by atoms with van der Waals surface area (Å²) in [5.74, 6) is 1.81. The summed E-state index contributed by atoms with van der Waals surface area (Å²) in [6.07, 6.45) is 0.718. The van der Waals surface area contributed by atoms with Crippen LogP contribution in [0.3, 0.4) is 0 Å². The number of fused-ring (bicyclic) bond motifs is 1. The molecule has 2 heterocycles. The van der Waals surface area contributed by atoms with Crippen LogP contribution in [0.2, 0.25) is 10.0 Å². The molecule has 0 saturated carbocycles. The van der Waals surface area contributed by atoms with Crippen LogP contribution in [0.5, 0.6) is 5.75 Å². The molecular weight excluding hydrogens is 287 g/mol. The van der Waals surface area contributed by atoms with Crippen LogP contribution in [0, 0.1) is 6.92 Å². The SMILES string of the molecule is Cc1nc(N)nc(-c2c(Cl)cc(Cl)c3c2CCO3)n1. The fourth-order valence-corrected chi connectivity index (χ4v) is 2.80. The molecule has 2 aromatic rings. The van der Waals surface area contributed by atoms with Gasteiger partial charge < -0.3 is 10.5 Å². The van der Waals surface area contributed by atoms with Gasteiger partial charge in [-0.15, -0.1) is 0 Å². The summed E-state index contributed by atoms with van der Waals surface area (Å²) in [5, 5.41) is 0.985. The quantitative estimate of drug-likeness (QED) is 0.876. The van der Waals surface area contributed by atoms with Crippen molar-refractivity contribution in [3.05, 3.63) is 27.5 Å². The Labute approximate surface area is 119 Å². The minimum Gasteiger partial charge on any atom is -0.491 e. The smallest absolute Gasteiger partial charge is 0.223 e. The highest BCUT2D eigenvalue weighted by atomic mass is 35.5.